The Balaban J connectivity index is 2.26. The average Bonchev–Trinajstić information content (AvgIpc) is 2.44. The fourth-order valence-corrected chi connectivity index (χ4v) is 1.38. The van der Waals surface area contributed by atoms with Gasteiger partial charge in [0.25, 0.3) is 0 Å². The molecule has 0 saturated heterocycles. The third-order valence-corrected chi connectivity index (χ3v) is 2.38. The summed E-state index contributed by atoms with van der Waals surface area (Å²) in [6.45, 7) is 4.16. The normalized spacial score (nSPS) is 9.74. The van der Waals surface area contributed by atoms with Crippen molar-refractivity contribution in [2.45, 2.75) is 19.4 Å². The van der Waals surface area contributed by atoms with E-state index in [1.165, 1.54) is 6.08 Å². The Labute approximate surface area is 112 Å². The van der Waals surface area contributed by atoms with Crippen molar-refractivity contribution in [3.05, 3.63) is 36.7 Å². The van der Waals surface area contributed by atoms with Crippen LogP contribution in [0.25, 0.3) is 0 Å². The maximum absolute atomic E-state index is 11.6. The van der Waals surface area contributed by atoms with E-state index >= 15 is 0 Å². The van der Waals surface area contributed by atoms with Crippen LogP contribution in [0, 0.1) is 0 Å². The third-order valence-electron chi connectivity index (χ3n) is 2.38. The summed E-state index contributed by atoms with van der Waals surface area (Å²) in [6, 6.07) is 3.52. The van der Waals surface area contributed by atoms with Crippen LogP contribution >= 0.6 is 0 Å². The molecule has 6 nitrogen and oxygen atoms in total. The van der Waals surface area contributed by atoms with E-state index in [2.05, 4.69) is 22.2 Å². The lowest BCUT2D eigenvalue weighted by molar-refractivity contribution is -0.118. The molecule has 1 aromatic rings. The molecule has 1 aromatic heterocycles. The van der Waals surface area contributed by atoms with Gasteiger partial charge in [0.1, 0.15) is 0 Å². The molecule has 0 bridgehead atoms. The molecular formula is C13H18N4O2. The number of nitrogens with one attached hydrogen (secondary N) is 2. The van der Waals surface area contributed by atoms with Crippen molar-refractivity contribution in [3.8, 4) is 0 Å². The Morgan fingerprint density at radius 2 is 2.21 bits per heavy atom. The van der Waals surface area contributed by atoms with Crippen LogP contribution in [-0.4, -0.2) is 23.3 Å². The molecule has 0 aliphatic rings. The average molecular weight is 262 g/mol. The monoisotopic (exact) mass is 262 g/mol. The molecule has 2 amide bonds. The van der Waals surface area contributed by atoms with E-state index in [-0.39, 0.29) is 11.8 Å². The van der Waals surface area contributed by atoms with Gasteiger partial charge in [-0.15, -0.1) is 0 Å². The molecule has 4 N–H and O–H groups in total. The second-order valence-electron chi connectivity index (χ2n) is 3.89. The van der Waals surface area contributed by atoms with Crippen molar-refractivity contribution in [2.75, 3.05) is 11.9 Å². The topological polar surface area (TPSA) is 97.1 Å². The molecule has 1 heterocycles. The standard InChI is InChI=1S/C13H18N4O2/c1-2-12(18)15-7-3-4-13(19)17-11-6-5-10(8-14)16-9-11/h2,5-6,9H,1,3-4,7-8,14H2,(H,15,18)(H,17,19). The first-order valence-corrected chi connectivity index (χ1v) is 6.01. The molecule has 0 spiro atoms. The summed E-state index contributed by atoms with van der Waals surface area (Å²) in [5, 5.41) is 5.32. The summed E-state index contributed by atoms with van der Waals surface area (Å²) < 4.78 is 0. The highest BCUT2D eigenvalue weighted by Gasteiger charge is 2.03. The Morgan fingerprint density at radius 3 is 2.79 bits per heavy atom. The lowest BCUT2D eigenvalue weighted by atomic mass is 10.2. The highest BCUT2D eigenvalue weighted by Crippen LogP contribution is 2.06. The zero-order valence-electron chi connectivity index (χ0n) is 10.7. The Hall–Kier alpha value is -2.21. The fraction of sp³-hybridized carbons (Fsp3) is 0.308. The Bertz CT molecular complexity index is 442. The predicted molar refractivity (Wildman–Crippen MR) is 73.2 cm³/mol. The number of carbonyl (C=O) groups is 2. The summed E-state index contributed by atoms with van der Waals surface area (Å²) in [5.74, 6) is -0.350. The number of nitrogens with zero attached hydrogens (tertiary/aromatic N) is 1. The van der Waals surface area contributed by atoms with Gasteiger partial charge in [0.05, 0.1) is 17.6 Å². The summed E-state index contributed by atoms with van der Waals surface area (Å²) in [6.07, 6.45) is 3.67. The minimum Gasteiger partial charge on any atom is -0.353 e. The molecule has 1 rings (SSSR count). The van der Waals surface area contributed by atoms with Crippen molar-refractivity contribution in [1.82, 2.24) is 10.3 Å². The van der Waals surface area contributed by atoms with Gasteiger partial charge in [0.15, 0.2) is 0 Å². The number of amides is 2. The van der Waals surface area contributed by atoms with Crippen LogP contribution in [0.2, 0.25) is 0 Å². The molecule has 0 fully saturated rings. The van der Waals surface area contributed by atoms with Gasteiger partial charge < -0.3 is 16.4 Å². The molecule has 0 radical (unpaired) electrons. The number of hydrogen-bond acceptors (Lipinski definition) is 4. The number of carbonyl (C=O) groups excluding carboxylic acids is 2. The van der Waals surface area contributed by atoms with Gasteiger partial charge in [-0.05, 0) is 24.6 Å². The molecule has 6 heteroatoms. The van der Waals surface area contributed by atoms with Crippen molar-refractivity contribution in [2.24, 2.45) is 5.73 Å². The molecule has 0 atom stereocenters. The zero-order chi connectivity index (χ0) is 14.1. The van der Waals surface area contributed by atoms with Crippen molar-refractivity contribution in [3.63, 3.8) is 0 Å². The lowest BCUT2D eigenvalue weighted by Crippen LogP contribution is -2.23. The maximum atomic E-state index is 11.6. The zero-order valence-corrected chi connectivity index (χ0v) is 10.7. The molecule has 19 heavy (non-hydrogen) atoms. The number of pyridine rings is 1. The molecular weight excluding hydrogens is 244 g/mol. The lowest BCUT2D eigenvalue weighted by Gasteiger charge is -2.05. The SMILES string of the molecule is C=CC(=O)NCCCC(=O)Nc1ccc(CN)nc1. The highest BCUT2D eigenvalue weighted by molar-refractivity contribution is 5.90. The number of hydrogen-bond donors (Lipinski definition) is 3. The number of aromatic nitrogens is 1. The maximum Gasteiger partial charge on any atom is 0.243 e. The summed E-state index contributed by atoms with van der Waals surface area (Å²) in [4.78, 5) is 26.5. The number of anilines is 1. The quantitative estimate of drug-likeness (QED) is 0.494. The van der Waals surface area contributed by atoms with E-state index in [0.29, 0.717) is 31.6 Å². The predicted octanol–water partition coefficient (Wildman–Crippen LogP) is 0.561. The van der Waals surface area contributed by atoms with Crippen LogP contribution in [-0.2, 0) is 16.1 Å². The van der Waals surface area contributed by atoms with Crippen LogP contribution in [0.3, 0.4) is 0 Å². The van der Waals surface area contributed by atoms with Crippen LogP contribution in [0.1, 0.15) is 18.5 Å². The second-order valence-corrected chi connectivity index (χ2v) is 3.89. The van der Waals surface area contributed by atoms with Crippen LogP contribution in [0.15, 0.2) is 31.0 Å². The van der Waals surface area contributed by atoms with E-state index < -0.39 is 0 Å². The summed E-state index contributed by atoms with van der Waals surface area (Å²) in [5.41, 5.74) is 6.83. The first kappa shape index (κ1) is 14.8. The minimum absolute atomic E-state index is 0.116. The Kier molecular flexibility index (Phi) is 6.25. The van der Waals surface area contributed by atoms with Crippen LogP contribution < -0.4 is 16.4 Å². The summed E-state index contributed by atoms with van der Waals surface area (Å²) >= 11 is 0. The molecule has 0 aliphatic carbocycles. The molecule has 102 valence electrons. The van der Waals surface area contributed by atoms with Crippen molar-refractivity contribution < 1.29 is 9.59 Å². The highest BCUT2D eigenvalue weighted by atomic mass is 16.2. The van der Waals surface area contributed by atoms with E-state index in [1.807, 2.05) is 0 Å². The minimum atomic E-state index is -0.234. The fourth-order valence-electron chi connectivity index (χ4n) is 1.38. The first-order valence-electron chi connectivity index (χ1n) is 6.01. The van der Waals surface area contributed by atoms with E-state index in [0.717, 1.165) is 5.69 Å². The van der Waals surface area contributed by atoms with Gasteiger partial charge in [-0.25, -0.2) is 0 Å². The molecule has 0 aliphatic heterocycles. The van der Waals surface area contributed by atoms with E-state index in [1.54, 1.807) is 18.3 Å². The van der Waals surface area contributed by atoms with E-state index in [9.17, 15) is 9.59 Å². The largest absolute Gasteiger partial charge is 0.353 e. The summed E-state index contributed by atoms with van der Waals surface area (Å²) in [7, 11) is 0. The van der Waals surface area contributed by atoms with Gasteiger partial charge in [-0.3, -0.25) is 14.6 Å². The van der Waals surface area contributed by atoms with Gasteiger partial charge in [0, 0.05) is 19.5 Å². The third kappa shape index (κ3) is 5.78. The number of nitrogens with two attached hydrogens (primary N) is 1. The van der Waals surface area contributed by atoms with Crippen LogP contribution in [0.4, 0.5) is 5.69 Å². The smallest absolute Gasteiger partial charge is 0.243 e. The van der Waals surface area contributed by atoms with Gasteiger partial charge in [-0.2, -0.15) is 0 Å². The van der Waals surface area contributed by atoms with Crippen LogP contribution in [0.5, 0.6) is 0 Å². The second kappa shape index (κ2) is 7.99. The van der Waals surface area contributed by atoms with Crippen molar-refractivity contribution >= 4 is 17.5 Å². The van der Waals surface area contributed by atoms with Gasteiger partial charge in [0.2, 0.25) is 11.8 Å². The molecule has 0 unspecified atom stereocenters. The molecule has 0 aromatic carbocycles. The van der Waals surface area contributed by atoms with Gasteiger partial charge >= 0.3 is 0 Å². The van der Waals surface area contributed by atoms with E-state index in [4.69, 9.17) is 5.73 Å². The Morgan fingerprint density at radius 1 is 1.42 bits per heavy atom. The molecule has 0 saturated carbocycles. The first-order chi connectivity index (χ1) is 9.15. The van der Waals surface area contributed by atoms with Gasteiger partial charge in [-0.1, -0.05) is 6.58 Å². The number of rotatable bonds is 7. The van der Waals surface area contributed by atoms with Crippen molar-refractivity contribution in [1.29, 1.82) is 0 Å².